The first-order valence-electron chi connectivity index (χ1n) is 5.74. The van der Waals surface area contributed by atoms with Crippen molar-refractivity contribution in [1.82, 2.24) is 0 Å². The van der Waals surface area contributed by atoms with Crippen LogP contribution in [-0.4, -0.2) is 6.61 Å². The molecule has 0 radical (unpaired) electrons. The third-order valence-electron chi connectivity index (χ3n) is 2.66. The highest BCUT2D eigenvalue weighted by Crippen LogP contribution is 2.23. The molecule has 2 N–H and O–H groups in total. The summed E-state index contributed by atoms with van der Waals surface area (Å²) in [5, 5.41) is 0. The maximum absolute atomic E-state index is 6.15. The van der Waals surface area contributed by atoms with Gasteiger partial charge in [-0.3, -0.25) is 0 Å². The lowest BCUT2D eigenvalue weighted by atomic mass is 10.0. The Hall–Kier alpha value is -1.74. The Labute approximate surface area is 101 Å². The van der Waals surface area contributed by atoms with Crippen LogP contribution in [0.3, 0.4) is 0 Å². The summed E-state index contributed by atoms with van der Waals surface area (Å²) in [5.41, 5.74) is 8.20. The number of rotatable bonds is 4. The van der Waals surface area contributed by atoms with Gasteiger partial charge in [0.15, 0.2) is 0 Å². The van der Waals surface area contributed by atoms with E-state index in [1.807, 2.05) is 44.2 Å². The van der Waals surface area contributed by atoms with Gasteiger partial charge in [-0.05, 0) is 37.6 Å². The van der Waals surface area contributed by atoms with E-state index in [0.717, 1.165) is 22.6 Å². The fourth-order valence-corrected chi connectivity index (χ4v) is 1.76. The normalized spacial score (nSPS) is 12.4. The van der Waals surface area contributed by atoms with Gasteiger partial charge in [0.05, 0.1) is 18.9 Å². The smallest absolute Gasteiger partial charge is 0.119 e. The minimum Gasteiger partial charge on any atom is -0.494 e. The van der Waals surface area contributed by atoms with Crippen molar-refractivity contribution >= 4 is 0 Å². The summed E-state index contributed by atoms with van der Waals surface area (Å²) in [5.74, 6) is 1.74. The molecule has 2 rings (SSSR count). The maximum Gasteiger partial charge on any atom is 0.119 e. The molecular formula is C14H17NO2. The van der Waals surface area contributed by atoms with Crippen LogP contribution in [0.25, 0.3) is 0 Å². The van der Waals surface area contributed by atoms with Crippen molar-refractivity contribution in [2.75, 3.05) is 6.61 Å². The second-order valence-electron chi connectivity index (χ2n) is 3.97. The zero-order valence-corrected chi connectivity index (χ0v) is 10.1. The Morgan fingerprint density at radius 2 is 1.94 bits per heavy atom. The van der Waals surface area contributed by atoms with E-state index >= 15 is 0 Å². The van der Waals surface area contributed by atoms with Gasteiger partial charge in [0.25, 0.3) is 0 Å². The summed E-state index contributed by atoms with van der Waals surface area (Å²) < 4.78 is 10.7. The van der Waals surface area contributed by atoms with Gasteiger partial charge >= 0.3 is 0 Å². The van der Waals surface area contributed by atoms with Crippen molar-refractivity contribution in [3.05, 3.63) is 53.5 Å². The highest BCUT2D eigenvalue weighted by molar-refractivity contribution is 5.34. The number of furan rings is 1. The highest BCUT2D eigenvalue weighted by atomic mass is 16.5. The van der Waals surface area contributed by atoms with Crippen LogP contribution in [-0.2, 0) is 0 Å². The van der Waals surface area contributed by atoms with E-state index < -0.39 is 0 Å². The van der Waals surface area contributed by atoms with Crippen LogP contribution in [0.5, 0.6) is 5.75 Å². The molecule has 0 bridgehead atoms. The quantitative estimate of drug-likeness (QED) is 0.879. The molecule has 0 aliphatic heterocycles. The van der Waals surface area contributed by atoms with Crippen molar-refractivity contribution in [1.29, 1.82) is 0 Å². The van der Waals surface area contributed by atoms with Crippen LogP contribution in [0.1, 0.15) is 29.9 Å². The van der Waals surface area contributed by atoms with E-state index in [9.17, 15) is 0 Å². The van der Waals surface area contributed by atoms with Crippen molar-refractivity contribution in [2.45, 2.75) is 19.9 Å². The molecule has 1 heterocycles. The molecule has 1 unspecified atom stereocenters. The Morgan fingerprint density at radius 1 is 1.24 bits per heavy atom. The number of hydrogen-bond donors (Lipinski definition) is 1. The van der Waals surface area contributed by atoms with Crippen molar-refractivity contribution in [3.8, 4) is 5.75 Å². The standard InChI is InChI=1S/C14H17NO2/c1-3-16-13-6-4-11(5-7-13)14(15)12-8-10(2)17-9-12/h4-9,14H,3,15H2,1-2H3. The van der Waals surface area contributed by atoms with Crippen molar-refractivity contribution < 1.29 is 9.15 Å². The summed E-state index contributed by atoms with van der Waals surface area (Å²) in [4.78, 5) is 0. The predicted octanol–water partition coefficient (Wildman–Crippen LogP) is 3.03. The van der Waals surface area contributed by atoms with Crippen LogP contribution in [0.2, 0.25) is 0 Å². The SMILES string of the molecule is CCOc1ccc(C(N)c2coc(C)c2)cc1. The zero-order chi connectivity index (χ0) is 12.3. The lowest BCUT2D eigenvalue weighted by Crippen LogP contribution is -2.10. The average Bonchev–Trinajstić information content (AvgIpc) is 2.76. The van der Waals surface area contributed by atoms with Crippen LogP contribution in [0, 0.1) is 6.92 Å². The van der Waals surface area contributed by atoms with Gasteiger partial charge in [-0.2, -0.15) is 0 Å². The Morgan fingerprint density at radius 3 is 2.47 bits per heavy atom. The number of aryl methyl sites for hydroxylation is 1. The molecule has 3 nitrogen and oxygen atoms in total. The molecule has 0 saturated heterocycles. The van der Waals surface area contributed by atoms with Crippen LogP contribution < -0.4 is 10.5 Å². The van der Waals surface area contributed by atoms with Gasteiger partial charge in [-0.25, -0.2) is 0 Å². The second kappa shape index (κ2) is 5.06. The van der Waals surface area contributed by atoms with E-state index in [0.29, 0.717) is 6.61 Å². The molecule has 1 aromatic carbocycles. The minimum atomic E-state index is -0.150. The van der Waals surface area contributed by atoms with Crippen LogP contribution >= 0.6 is 0 Å². The second-order valence-corrected chi connectivity index (χ2v) is 3.97. The number of nitrogens with two attached hydrogens (primary N) is 1. The van der Waals surface area contributed by atoms with Gasteiger partial charge in [-0.15, -0.1) is 0 Å². The van der Waals surface area contributed by atoms with Crippen molar-refractivity contribution in [2.24, 2.45) is 5.73 Å². The van der Waals surface area contributed by atoms with Gasteiger partial charge < -0.3 is 14.9 Å². The van der Waals surface area contributed by atoms with E-state index in [-0.39, 0.29) is 6.04 Å². The highest BCUT2D eigenvalue weighted by Gasteiger charge is 2.11. The fourth-order valence-electron chi connectivity index (χ4n) is 1.76. The third kappa shape index (κ3) is 2.68. The zero-order valence-electron chi connectivity index (χ0n) is 10.1. The molecule has 3 heteroatoms. The van der Waals surface area contributed by atoms with E-state index in [4.69, 9.17) is 14.9 Å². The summed E-state index contributed by atoms with van der Waals surface area (Å²) in [6, 6.07) is 9.65. The predicted molar refractivity (Wildman–Crippen MR) is 67.1 cm³/mol. The first-order chi connectivity index (χ1) is 8.20. The van der Waals surface area contributed by atoms with Gasteiger partial charge in [0.2, 0.25) is 0 Å². The molecule has 90 valence electrons. The number of benzene rings is 1. The Bertz CT molecular complexity index is 473. The minimum absolute atomic E-state index is 0.150. The Kier molecular flexibility index (Phi) is 3.49. The maximum atomic E-state index is 6.15. The topological polar surface area (TPSA) is 48.4 Å². The molecule has 1 atom stereocenters. The van der Waals surface area contributed by atoms with Gasteiger partial charge in [0, 0.05) is 5.56 Å². The first-order valence-corrected chi connectivity index (χ1v) is 5.74. The monoisotopic (exact) mass is 231 g/mol. The molecule has 0 aliphatic carbocycles. The number of ether oxygens (including phenoxy) is 1. The average molecular weight is 231 g/mol. The third-order valence-corrected chi connectivity index (χ3v) is 2.66. The lowest BCUT2D eigenvalue weighted by Gasteiger charge is -2.10. The lowest BCUT2D eigenvalue weighted by molar-refractivity contribution is 0.340. The van der Waals surface area contributed by atoms with Gasteiger partial charge in [-0.1, -0.05) is 12.1 Å². The molecule has 1 aromatic heterocycles. The summed E-state index contributed by atoms with van der Waals surface area (Å²) in [7, 11) is 0. The Balaban J connectivity index is 2.16. The largest absolute Gasteiger partial charge is 0.494 e. The molecule has 0 spiro atoms. The fraction of sp³-hybridized carbons (Fsp3) is 0.286. The van der Waals surface area contributed by atoms with Gasteiger partial charge in [0.1, 0.15) is 11.5 Å². The van der Waals surface area contributed by atoms with Crippen LogP contribution in [0.15, 0.2) is 41.0 Å². The molecule has 0 fully saturated rings. The van der Waals surface area contributed by atoms with Crippen LogP contribution in [0.4, 0.5) is 0 Å². The molecule has 2 aromatic rings. The molecular weight excluding hydrogens is 214 g/mol. The van der Waals surface area contributed by atoms with E-state index in [2.05, 4.69) is 0 Å². The number of hydrogen-bond acceptors (Lipinski definition) is 3. The van der Waals surface area contributed by atoms with E-state index in [1.54, 1.807) is 6.26 Å². The molecule has 0 amide bonds. The summed E-state index contributed by atoms with van der Waals surface area (Å²) in [6.45, 7) is 4.55. The summed E-state index contributed by atoms with van der Waals surface area (Å²) >= 11 is 0. The summed E-state index contributed by atoms with van der Waals surface area (Å²) in [6.07, 6.45) is 1.70. The molecule has 0 aliphatic rings. The molecule has 17 heavy (non-hydrogen) atoms. The molecule has 0 saturated carbocycles. The first kappa shape index (κ1) is 11.7. The van der Waals surface area contributed by atoms with E-state index in [1.165, 1.54) is 0 Å². The van der Waals surface area contributed by atoms with Crippen molar-refractivity contribution in [3.63, 3.8) is 0 Å².